The fourth-order valence-corrected chi connectivity index (χ4v) is 3.54. The van der Waals surface area contributed by atoms with Gasteiger partial charge in [-0.3, -0.25) is 0 Å². The number of azide groups is 1. The SMILES string of the molecule is C=CCC[C@@H](O[Si](C)(C)C(C)(C)C)[C@@H](N=[N+]=[N-])c1ccccc1. The molecule has 0 bridgehead atoms. The second kappa shape index (κ2) is 8.34. The highest BCUT2D eigenvalue weighted by Gasteiger charge is 2.40. The summed E-state index contributed by atoms with van der Waals surface area (Å²) in [5, 5.41) is 4.17. The summed E-state index contributed by atoms with van der Waals surface area (Å²) in [6, 6.07) is 9.57. The molecule has 0 amide bonds. The molecule has 4 nitrogen and oxygen atoms in total. The Hall–Kier alpha value is -1.55. The van der Waals surface area contributed by atoms with Crippen LogP contribution in [0.5, 0.6) is 0 Å². The third-order valence-electron chi connectivity index (χ3n) is 4.58. The number of hydrogen-bond acceptors (Lipinski definition) is 2. The first kappa shape index (κ1) is 19.5. The van der Waals surface area contributed by atoms with Crippen molar-refractivity contribution in [2.75, 3.05) is 0 Å². The fraction of sp³-hybridized carbons (Fsp3) is 0.556. The number of rotatable bonds is 8. The summed E-state index contributed by atoms with van der Waals surface area (Å²) in [5.74, 6) is 0. The van der Waals surface area contributed by atoms with Gasteiger partial charge in [-0.2, -0.15) is 0 Å². The molecule has 2 atom stereocenters. The first-order chi connectivity index (χ1) is 10.7. The van der Waals surface area contributed by atoms with E-state index < -0.39 is 8.32 Å². The van der Waals surface area contributed by atoms with Crippen LogP contribution >= 0.6 is 0 Å². The van der Waals surface area contributed by atoms with Crippen LogP contribution in [0.3, 0.4) is 0 Å². The van der Waals surface area contributed by atoms with Crippen LogP contribution in [0.15, 0.2) is 48.1 Å². The van der Waals surface area contributed by atoms with Crippen molar-refractivity contribution in [3.05, 3.63) is 59.0 Å². The summed E-state index contributed by atoms with van der Waals surface area (Å²) < 4.78 is 6.60. The molecule has 0 N–H and O–H groups in total. The van der Waals surface area contributed by atoms with Gasteiger partial charge in [0.15, 0.2) is 8.32 Å². The van der Waals surface area contributed by atoms with E-state index in [9.17, 15) is 0 Å². The standard InChI is InChI=1S/C18H29N3OSi/c1-7-8-14-16(22-23(5,6)18(2,3)4)17(20-21-19)15-12-10-9-11-13-15/h7,9-13,16-17H,1,8,14H2,2-6H3/t16-,17+/m1/s1. The van der Waals surface area contributed by atoms with Gasteiger partial charge in [0.25, 0.3) is 0 Å². The molecule has 1 aromatic carbocycles. The summed E-state index contributed by atoms with van der Waals surface area (Å²) in [5.41, 5.74) is 10.0. The minimum absolute atomic E-state index is 0.108. The molecule has 0 radical (unpaired) electrons. The zero-order valence-electron chi connectivity index (χ0n) is 15.0. The van der Waals surface area contributed by atoms with Gasteiger partial charge in [-0.25, -0.2) is 0 Å². The largest absolute Gasteiger partial charge is 0.413 e. The number of nitrogens with zero attached hydrogens (tertiary/aromatic N) is 3. The second-order valence-corrected chi connectivity index (χ2v) is 12.1. The molecule has 1 aromatic rings. The summed E-state index contributed by atoms with van der Waals surface area (Å²) in [6.45, 7) is 14.9. The van der Waals surface area contributed by atoms with Crippen molar-refractivity contribution in [2.45, 2.75) is 63.9 Å². The highest BCUT2D eigenvalue weighted by atomic mass is 28.4. The van der Waals surface area contributed by atoms with Crippen LogP contribution in [0.1, 0.15) is 45.2 Å². The third-order valence-corrected chi connectivity index (χ3v) is 9.08. The van der Waals surface area contributed by atoms with Gasteiger partial charge < -0.3 is 4.43 Å². The fourth-order valence-electron chi connectivity index (χ4n) is 2.18. The van der Waals surface area contributed by atoms with Gasteiger partial charge in [-0.1, -0.05) is 62.3 Å². The molecule has 0 aliphatic heterocycles. The van der Waals surface area contributed by atoms with Crippen molar-refractivity contribution in [3.63, 3.8) is 0 Å². The molecule has 0 aliphatic carbocycles. The molecule has 0 saturated carbocycles. The van der Waals surface area contributed by atoms with Crippen molar-refractivity contribution in [1.29, 1.82) is 0 Å². The van der Waals surface area contributed by atoms with Crippen molar-refractivity contribution in [2.24, 2.45) is 5.11 Å². The topological polar surface area (TPSA) is 58.0 Å². The van der Waals surface area contributed by atoms with Gasteiger partial charge in [0, 0.05) is 4.91 Å². The number of hydrogen-bond donors (Lipinski definition) is 0. The Balaban J connectivity index is 3.16. The molecule has 1 rings (SSSR count). The zero-order chi connectivity index (χ0) is 17.5. The van der Waals surface area contributed by atoms with Crippen LogP contribution in [0.25, 0.3) is 10.4 Å². The van der Waals surface area contributed by atoms with Crippen LogP contribution in [0.2, 0.25) is 18.1 Å². The Kier molecular flexibility index (Phi) is 7.07. The van der Waals surface area contributed by atoms with Crippen LogP contribution in [0.4, 0.5) is 0 Å². The van der Waals surface area contributed by atoms with E-state index in [2.05, 4.69) is 50.5 Å². The maximum atomic E-state index is 9.02. The lowest BCUT2D eigenvalue weighted by atomic mass is 9.99. The first-order valence-corrected chi connectivity index (χ1v) is 11.0. The molecular weight excluding hydrogens is 302 g/mol. The zero-order valence-corrected chi connectivity index (χ0v) is 16.0. The van der Waals surface area contributed by atoms with Gasteiger partial charge in [-0.05, 0) is 42.1 Å². The molecule has 0 fully saturated rings. The average molecular weight is 332 g/mol. The smallest absolute Gasteiger partial charge is 0.192 e. The van der Waals surface area contributed by atoms with Crippen LogP contribution in [-0.4, -0.2) is 14.4 Å². The summed E-state index contributed by atoms with van der Waals surface area (Å²) in [7, 11) is -1.96. The van der Waals surface area contributed by atoms with E-state index in [1.807, 2.05) is 36.4 Å². The highest BCUT2D eigenvalue weighted by Crippen LogP contribution is 2.40. The van der Waals surface area contributed by atoms with E-state index in [-0.39, 0.29) is 17.2 Å². The van der Waals surface area contributed by atoms with Crippen molar-refractivity contribution in [1.82, 2.24) is 0 Å². The van der Waals surface area contributed by atoms with Gasteiger partial charge in [-0.15, -0.1) is 6.58 Å². The lowest BCUT2D eigenvalue weighted by molar-refractivity contribution is 0.144. The number of benzene rings is 1. The summed E-state index contributed by atoms with van der Waals surface area (Å²) in [4.78, 5) is 3.07. The molecule has 126 valence electrons. The maximum Gasteiger partial charge on any atom is 0.192 e. The number of allylic oxidation sites excluding steroid dienone is 1. The quantitative estimate of drug-likeness (QED) is 0.179. The maximum absolute atomic E-state index is 9.02. The Morgan fingerprint density at radius 3 is 2.39 bits per heavy atom. The lowest BCUT2D eigenvalue weighted by Gasteiger charge is -2.41. The summed E-state index contributed by atoms with van der Waals surface area (Å²) >= 11 is 0. The molecule has 0 heterocycles. The van der Waals surface area contributed by atoms with Crippen LogP contribution < -0.4 is 0 Å². The van der Waals surface area contributed by atoms with E-state index in [0.29, 0.717) is 0 Å². The predicted octanol–water partition coefficient (Wildman–Crippen LogP) is 6.39. The molecule has 5 heteroatoms. The highest BCUT2D eigenvalue weighted by molar-refractivity contribution is 6.74. The van der Waals surface area contributed by atoms with Gasteiger partial charge >= 0.3 is 0 Å². The van der Waals surface area contributed by atoms with Crippen molar-refractivity contribution >= 4 is 8.32 Å². The van der Waals surface area contributed by atoms with Crippen LogP contribution in [-0.2, 0) is 4.43 Å². The van der Waals surface area contributed by atoms with Gasteiger partial charge in [0.1, 0.15) is 0 Å². The average Bonchev–Trinajstić information content (AvgIpc) is 2.49. The van der Waals surface area contributed by atoms with Gasteiger partial charge in [0.05, 0.1) is 12.1 Å². The lowest BCUT2D eigenvalue weighted by Crippen LogP contribution is -2.45. The monoisotopic (exact) mass is 331 g/mol. The normalized spacial score (nSPS) is 14.7. The Morgan fingerprint density at radius 2 is 1.91 bits per heavy atom. The second-order valence-electron chi connectivity index (χ2n) is 7.34. The Bertz CT molecular complexity index is 545. The van der Waals surface area contributed by atoms with Crippen molar-refractivity contribution in [3.8, 4) is 0 Å². The molecule has 0 unspecified atom stereocenters. The molecule has 23 heavy (non-hydrogen) atoms. The minimum Gasteiger partial charge on any atom is -0.413 e. The predicted molar refractivity (Wildman–Crippen MR) is 99.8 cm³/mol. The van der Waals surface area contributed by atoms with Gasteiger partial charge in [0.2, 0.25) is 0 Å². The van der Waals surface area contributed by atoms with E-state index >= 15 is 0 Å². The Morgan fingerprint density at radius 1 is 1.30 bits per heavy atom. The van der Waals surface area contributed by atoms with E-state index in [0.717, 1.165) is 18.4 Å². The first-order valence-electron chi connectivity index (χ1n) is 8.11. The van der Waals surface area contributed by atoms with E-state index in [4.69, 9.17) is 9.96 Å². The third kappa shape index (κ3) is 5.54. The van der Waals surface area contributed by atoms with Crippen molar-refractivity contribution < 1.29 is 4.43 Å². The summed E-state index contributed by atoms with van der Waals surface area (Å²) in [6.07, 6.45) is 3.39. The molecule has 0 saturated heterocycles. The Labute approximate surface area is 141 Å². The molecule has 0 aliphatic rings. The molecular formula is C18H29N3OSi. The molecule has 0 spiro atoms. The van der Waals surface area contributed by atoms with E-state index in [1.165, 1.54) is 0 Å². The molecule has 0 aromatic heterocycles. The van der Waals surface area contributed by atoms with Crippen LogP contribution in [0, 0.1) is 0 Å². The van der Waals surface area contributed by atoms with E-state index in [1.54, 1.807) is 0 Å². The minimum atomic E-state index is -1.96.